The van der Waals surface area contributed by atoms with E-state index in [4.69, 9.17) is 5.26 Å². The highest BCUT2D eigenvalue weighted by molar-refractivity contribution is 5.93. The minimum absolute atomic E-state index is 0.171. The minimum Gasteiger partial charge on any atom is -0.348 e. The number of nitrogens with one attached hydrogen (secondary N) is 1. The van der Waals surface area contributed by atoms with Crippen LogP contribution in [0.1, 0.15) is 27.2 Å². The fourth-order valence-electron chi connectivity index (χ4n) is 1.64. The molecule has 0 radical (unpaired) electrons. The van der Waals surface area contributed by atoms with Gasteiger partial charge in [-0.15, -0.1) is 0 Å². The molecule has 0 saturated heterocycles. The van der Waals surface area contributed by atoms with Gasteiger partial charge in [-0.25, -0.2) is 0 Å². The largest absolute Gasteiger partial charge is 0.348 e. The summed E-state index contributed by atoms with van der Waals surface area (Å²) in [5, 5.41) is 11.6. The van der Waals surface area contributed by atoms with Gasteiger partial charge in [0.2, 0.25) is 0 Å². The van der Waals surface area contributed by atoms with Gasteiger partial charge in [-0.05, 0) is 36.8 Å². The molecule has 1 heterocycles. The molecule has 0 fully saturated rings. The highest BCUT2D eigenvalue weighted by Gasteiger charge is 2.05. The zero-order valence-electron chi connectivity index (χ0n) is 10.6. The molecule has 0 saturated carbocycles. The predicted octanol–water partition coefficient (Wildman–Crippen LogP) is 2.19. The van der Waals surface area contributed by atoms with Gasteiger partial charge in [-0.1, -0.05) is 12.1 Å². The Morgan fingerprint density at radius 1 is 1.37 bits per heavy atom. The van der Waals surface area contributed by atoms with Gasteiger partial charge in [0.25, 0.3) is 5.91 Å². The Balaban J connectivity index is 2.00. The van der Waals surface area contributed by atoms with Gasteiger partial charge >= 0.3 is 0 Å². The van der Waals surface area contributed by atoms with Crippen molar-refractivity contribution in [2.45, 2.75) is 13.5 Å². The molecule has 0 aliphatic rings. The van der Waals surface area contributed by atoms with Crippen LogP contribution >= 0.6 is 0 Å². The van der Waals surface area contributed by atoms with E-state index in [1.165, 1.54) is 0 Å². The van der Waals surface area contributed by atoms with E-state index in [1.807, 2.05) is 13.0 Å². The van der Waals surface area contributed by atoms with Gasteiger partial charge < -0.3 is 5.32 Å². The van der Waals surface area contributed by atoms with Crippen molar-refractivity contribution >= 4 is 5.91 Å². The summed E-state index contributed by atoms with van der Waals surface area (Å²) in [4.78, 5) is 15.9. The molecule has 1 aromatic heterocycles. The van der Waals surface area contributed by atoms with Gasteiger partial charge in [0.15, 0.2) is 0 Å². The number of benzene rings is 1. The van der Waals surface area contributed by atoms with Crippen molar-refractivity contribution in [3.05, 3.63) is 65.0 Å². The Labute approximate surface area is 111 Å². The summed E-state index contributed by atoms with van der Waals surface area (Å²) in [5.74, 6) is -0.171. The van der Waals surface area contributed by atoms with Crippen molar-refractivity contribution in [1.82, 2.24) is 10.3 Å². The van der Waals surface area contributed by atoms with Gasteiger partial charge in [-0.3, -0.25) is 9.78 Å². The van der Waals surface area contributed by atoms with Crippen LogP contribution in [0.2, 0.25) is 0 Å². The van der Waals surface area contributed by atoms with E-state index in [0.29, 0.717) is 17.7 Å². The lowest BCUT2D eigenvalue weighted by Crippen LogP contribution is -2.22. The summed E-state index contributed by atoms with van der Waals surface area (Å²) in [7, 11) is 0. The van der Waals surface area contributed by atoms with Crippen LogP contribution < -0.4 is 5.32 Å². The zero-order valence-corrected chi connectivity index (χ0v) is 10.6. The number of carbonyl (C=O) groups excluding carboxylic acids is 1. The van der Waals surface area contributed by atoms with Crippen molar-refractivity contribution in [3.8, 4) is 6.07 Å². The molecule has 0 bridgehead atoms. The first kappa shape index (κ1) is 12.8. The highest BCUT2D eigenvalue weighted by Crippen LogP contribution is 2.05. The Kier molecular flexibility index (Phi) is 3.89. The molecule has 0 unspecified atom stereocenters. The maximum Gasteiger partial charge on any atom is 0.253 e. The number of pyridine rings is 1. The van der Waals surface area contributed by atoms with Crippen LogP contribution in [0.25, 0.3) is 0 Å². The molecule has 1 amide bonds. The fourth-order valence-corrected chi connectivity index (χ4v) is 1.64. The van der Waals surface area contributed by atoms with E-state index < -0.39 is 0 Å². The molecule has 1 aromatic carbocycles. The lowest BCUT2D eigenvalue weighted by Gasteiger charge is -2.05. The number of aromatic nitrogens is 1. The van der Waals surface area contributed by atoms with E-state index in [0.717, 1.165) is 11.3 Å². The molecule has 0 atom stereocenters. The number of rotatable bonds is 3. The Morgan fingerprint density at radius 3 is 2.89 bits per heavy atom. The van der Waals surface area contributed by atoms with Crippen LogP contribution in [-0.4, -0.2) is 10.9 Å². The first-order valence-corrected chi connectivity index (χ1v) is 5.89. The normalized spacial score (nSPS) is 9.68. The van der Waals surface area contributed by atoms with Gasteiger partial charge in [-0.2, -0.15) is 5.26 Å². The first-order chi connectivity index (χ1) is 9.19. The van der Waals surface area contributed by atoms with E-state index in [2.05, 4.69) is 16.4 Å². The summed E-state index contributed by atoms with van der Waals surface area (Å²) in [6, 6.07) is 12.8. The molecule has 1 N–H and O–H groups in total. The SMILES string of the molecule is Cc1ccc(C(=O)NCc2cccc(C#N)c2)cn1. The van der Waals surface area contributed by atoms with Crippen LogP contribution in [0.5, 0.6) is 0 Å². The topological polar surface area (TPSA) is 65.8 Å². The smallest absolute Gasteiger partial charge is 0.253 e. The fraction of sp³-hybridized carbons (Fsp3) is 0.133. The maximum absolute atomic E-state index is 11.9. The second-order valence-electron chi connectivity index (χ2n) is 4.18. The van der Waals surface area contributed by atoms with Gasteiger partial charge in [0, 0.05) is 18.4 Å². The molecule has 0 aliphatic carbocycles. The van der Waals surface area contributed by atoms with Gasteiger partial charge in [0.1, 0.15) is 0 Å². The molecule has 2 rings (SSSR count). The quantitative estimate of drug-likeness (QED) is 0.909. The second kappa shape index (κ2) is 5.78. The van der Waals surface area contributed by atoms with E-state index >= 15 is 0 Å². The number of aryl methyl sites for hydroxylation is 1. The van der Waals surface area contributed by atoms with E-state index in [1.54, 1.807) is 36.5 Å². The number of nitriles is 1. The molecule has 2 aromatic rings. The van der Waals surface area contributed by atoms with E-state index in [-0.39, 0.29) is 5.91 Å². The third-order valence-electron chi connectivity index (χ3n) is 2.68. The van der Waals surface area contributed by atoms with Crippen molar-refractivity contribution in [2.75, 3.05) is 0 Å². The standard InChI is InChI=1S/C15H13N3O/c1-11-5-6-14(10-17-11)15(19)18-9-13-4-2-3-12(7-13)8-16/h2-7,10H,9H2,1H3,(H,18,19). The molecule has 0 spiro atoms. The number of hydrogen-bond acceptors (Lipinski definition) is 3. The summed E-state index contributed by atoms with van der Waals surface area (Å²) in [6.07, 6.45) is 1.55. The summed E-state index contributed by atoms with van der Waals surface area (Å²) >= 11 is 0. The lowest BCUT2D eigenvalue weighted by atomic mass is 10.1. The predicted molar refractivity (Wildman–Crippen MR) is 71.3 cm³/mol. The first-order valence-electron chi connectivity index (χ1n) is 5.89. The number of carbonyl (C=O) groups is 1. The summed E-state index contributed by atoms with van der Waals surface area (Å²) in [6.45, 7) is 2.26. The van der Waals surface area contributed by atoms with Crippen molar-refractivity contribution in [2.24, 2.45) is 0 Å². The van der Waals surface area contributed by atoms with Crippen LogP contribution in [0.4, 0.5) is 0 Å². The van der Waals surface area contributed by atoms with E-state index in [9.17, 15) is 4.79 Å². The monoisotopic (exact) mass is 251 g/mol. The number of hydrogen-bond donors (Lipinski definition) is 1. The molecular formula is C15H13N3O. The Morgan fingerprint density at radius 2 is 2.21 bits per heavy atom. The molecule has 4 nitrogen and oxygen atoms in total. The second-order valence-corrected chi connectivity index (χ2v) is 4.18. The average Bonchev–Trinajstić information content (AvgIpc) is 2.46. The molecule has 4 heteroatoms. The number of nitrogens with zero attached hydrogens (tertiary/aromatic N) is 2. The van der Waals surface area contributed by atoms with Crippen LogP contribution in [0.15, 0.2) is 42.6 Å². The van der Waals surface area contributed by atoms with Crippen LogP contribution in [-0.2, 0) is 6.54 Å². The zero-order chi connectivity index (χ0) is 13.7. The summed E-state index contributed by atoms with van der Waals surface area (Å²) < 4.78 is 0. The van der Waals surface area contributed by atoms with Crippen molar-refractivity contribution in [3.63, 3.8) is 0 Å². The maximum atomic E-state index is 11.9. The van der Waals surface area contributed by atoms with Gasteiger partial charge in [0.05, 0.1) is 17.2 Å². The Bertz CT molecular complexity index is 627. The van der Waals surface area contributed by atoms with Crippen LogP contribution in [0, 0.1) is 18.3 Å². The molecule has 0 aliphatic heterocycles. The summed E-state index contributed by atoms with van der Waals surface area (Å²) in [5.41, 5.74) is 2.89. The number of amides is 1. The minimum atomic E-state index is -0.171. The average molecular weight is 251 g/mol. The lowest BCUT2D eigenvalue weighted by molar-refractivity contribution is 0.0950. The van der Waals surface area contributed by atoms with Crippen LogP contribution in [0.3, 0.4) is 0 Å². The highest BCUT2D eigenvalue weighted by atomic mass is 16.1. The van der Waals surface area contributed by atoms with Crippen molar-refractivity contribution < 1.29 is 4.79 Å². The molecular weight excluding hydrogens is 238 g/mol. The third kappa shape index (κ3) is 3.39. The third-order valence-corrected chi connectivity index (χ3v) is 2.68. The van der Waals surface area contributed by atoms with Crippen molar-refractivity contribution in [1.29, 1.82) is 5.26 Å². The molecule has 19 heavy (non-hydrogen) atoms. The Hall–Kier alpha value is -2.67. The molecule has 94 valence electrons.